The Bertz CT molecular complexity index is 1160. The average Bonchev–Trinajstić information content (AvgIpc) is 2.98. The highest BCUT2D eigenvalue weighted by molar-refractivity contribution is 8.24. The standard InChI is InChI=1S/C20H18F3N3O5S/c21-20(22,23)12-2-6-18(24-8-12)31-13-3-5-14-11(7-13)1-4-15(25-14)19(28)26-16-9-32(29,30)10-17(16)27/h1-8,16-17,27,29-30H,9-10H2,(H,26,28). The third-order valence-corrected chi connectivity index (χ3v) is 6.61. The van der Waals surface area contributed by atoms with Gasteiger partial charge in [-0.2, -0.15) is 23.8 Å². The molecule has 1 fully saturated rings. The van der Waals surface area contributed by atoms with Crippen molar-refractivity contribution in [3.63, 3.8) is 0 Å². The number of ether oxygens (including phenoxy) is 1. The first-order chi connectivity index (χ1) is 15.0. The average molecular weight is 469 g/mol. The number of carbonyl (C=O) groups is 1. The van der Waals surface area contributed by atoms with E-state index in [0.29, 0.717) is 22.8 Å². The maximum atomic E-state index is 12.6. The molecular weight excluding hydrogens is 451 g/mol. The molecule has 4 N–H and O–H groups in total. The molecule has 0 spiro atoms. The molecule has 2 atom stereocenters. The highest BCUT2D eigenvalue weighted by atomic mass is 32.3. The van der Waals surface area contributed by atoms with Gasteiger partial charge in [0.2, 0.25) is 5.88 Å². The maximum absolute atomic E-state index is 12.6. The zero-order chi connectivity index (χ0) is 23.1. The van der Waals surface area contributed by atoms with Crippen molar-refractivity contribution in [3.05, 3.63) is 59.9 Å². The minimum Gasteiger partial charge on any atom is -0.439 e. The van der Waals surface area contributed by atoms with Crippen LogP contribution in [-0.4, -0.2) is 53.7 Å². The Balaban J connectivity index is 1.47. The molecule has 12 heteroatoms. The Hall–Kier alpha value is -2.93. The monoisotopic (exact) mass is 469 g/mol. The number of pyridine rings is 2. The Kier molecular flexibility index (Phi) is 5.71. The van der Waals surface area contributed by atoms with Crippen LogP contribution in [-0.2, 0) is 6.18 Å². The van der Waals surface area contributed by atoms with E-state index in [2.05, 4.69) is 15.3 Å². The third-order valence-electron chi connectivity index (χ3n) is 4.84. The summed E-state index contributed by atoms with van der Waals surface area (Å²) in [4.78, 5) is 20.4. The molecule has 32 heavy (non-hydrogen) atoms. The van der Waals surface area contributed by atoms with Gasteiger partial charge in [0.25, 0.3) is 5.91 Å². The molecule has 1 aliphatic rings. The van der Waals surface area contributed by atoms with E-state index in [9.17, 15) is 32.2 Å². The molecule has 2 aromatic heterocycles. The molecule has 4 rings (SSSR count). The van der Waals surface area contributed by atoms with E-state index in [1.807, 2.05) is 0 Å². The van der Waals surface area contributed by atoms with Crippen molar-refractivity contribution >= 4 is 27.4 Å². The molecule has 2 unspecified atom stereocenters. The number of fused-ring (bicyclic) bond motifs is 1. The second-order valence-corrected chi connectivity index (χ2v) is 9.59. The SMILES string of the molecule is O=C(NC1CS(O)(O)CC1O)c1ccc2cc(Oc3ccc(C(F)(F)F)cn3)ccc2n1. The summed E-state index contributed by atoms with van der Waals surface area (Å²) in [5, 5.41) is 13.1. The van der Waals surface area contributed by atoms with Crippen LogP contribution in [0.2, 0.25) is 0 Å². The van der Waals surface area contributed by atoms with Gasteiger partial charge in [0.15, 0.2) is 0 Å². The van der Waals surface area contributed by atoms with Crippen molar-refractivity contribution < 1.29 is 36.9 Å². The van der Waals surface area contributed by atoms with E-state index in [1.54, 1.807) is 18.2 Å². The fourth-order valence-corrected chi connectivity index (χ4v) is 5.06. The van der Waals surface area contributed by atoms with Gasteiger partial charge < -0.3 is 15.2 Å². The number of aromatic nitrogens is 2. The predicted octanol–water partition coefficient (Wildman–Crippen LogP) is 3.66. The van der Waals surface area contributed by atoms with E-state index in [-0.39, 0.29) is 23.1 Å². The van der Waals surface area contributed by atoms with Crippen LogP contribution in [0.4, 0.5) is 13.2 Å². The van der Waals surface area contributed by atoms with Gasteiger partial charge >= 0.3 is 6.18 Å². The Morgan fingerprint density at radius 3 is 2.53 bits per heavy atom. The summed E-state index contributed by atoms with van der Waals surface area (Å²) in [5.74, 6) is -0.556. The van der Waals surface area contributed by atoms with Crippen LogP contribution >= 0.6 is 10.6 Å². The Morgan fingerprint density at radius 1 is 1.12 bits per heavy atom. The van der Waals surface area contributed by atoms with Crippen molar-refractivity contribution in [3.8, 4) is 11.6 Å². The molecule has 1 amide bonds. The Morgan fingerprint density at radius 2 is 1.91 bits per heavy atom. The van der Waals surface area contributed by atoms with Gasteiger partial charge in [-0.15, -0.1) is 0 Å². The van der Waals surface area contributed by atoms with Gasteiger partial charge in [-0.05, 0) is 30.3 Å². The predicted molar refractivity (Wildman–Crippen MR) is 111 cm³/mol. The van der Waals surface area contributed by atoms with Crippen molar-refractivity contribution in [2.75, 3.05) is 11.5 Å². The first kappa shape index (κ1) is 22.3. The summed E-state index contributed by atoms with van der Waals surface area (Å²) in [6.07, 6.45) is -4.85. The van der Waals surface area contributed by atoms with E-state index < -0.39 is 40.4 Å². The summed E-state index contributed by atoms with van der Waals surface area (Å²) in [5.41, 5.74) is -0.346. The fraction of sp³-hybridized carbons (Fsp3) is 0.250. The molecule has 1 aliphatic heterocycles. The number of rotatable bonds is 4. The van der Waals surface area contributed by atoms with E-state index in [1.165, 1.54) is 12.1 Å². The maximum Gasteiger partial charge on any atom is 0.417 e. The van der Waals surface area contributed by atoms with Gasteiger partial charge in [0.05, 0.1) is 34.7 Å². The number of hydrogen-bond donors (Lipinski definition) is 4. The van der Waals surface area contributed by atoms with Gasteiger partial charge in [-0.1, -0.05) is 6.07 Å². The summed E-state index contributed by atoms with van der Waals surface area (Å²) >= 11 is 0. The Labute approximate surface area is 181 Å². The van der Waals surface area contributed by atoms with Gasteiger partial charge in [0, 0.05) is 17.6 Å². The van der Waals surface area contributed by atoms with E-state index in [4.69, 9.17) is 4.74 Å². The fourth-order valence-electron chi connectivity index (χ4n) is 3.26. The molecule has 3 heterocycles. The summed E-state index contributed by atoms with van der Waals surface area (Å²) in [7, 11) is -2.91. The molecule has 170 valence electrons. The van der Waals surface area contributed by atoms with E-state index >= 15 is 0 Å². The smallest absolute Gasteiger partial charge is 0.417 e. The molecule has 0 saturated carbocycles. The number of benzene rings is 1. The first-order valence-corrected chi connectivity index (χ1v) is 11.2. The van der Waals surface area contributed by atoms with Crippen LogP contribution in [0.15, 0.2) is 48.7 Å². The lowest BCUT2D eigenvalue weighted by Crippen LogP contribution is -2.42. The molecule has 0 radical (unpaired) electrons. The number of amides is 1. The largest absolute Gasteiger partial charge is 0.439 e. The lowest BCUT2D eigenvalue weighted by Gasteiger charge is -2.25. The number of nitrogens with zero attached hydrogens (tertiary/aromatic N) is 2. The molecule has 0 bridgehead atoms. The van der Waals surface area contributed by atoms with Crippen molar-refractivity contribution in [2.45, 2.75) is 18.3 Å². The van der Waals surface area contributed by atoms with Gasteiger partial charge in [0.1, 0.15) is 11.4 Å². The zero-order valence-electron chi connectivity index (χ0n) is 16.3. The normalized spacial score (nSPS) is 21.3. The highest BCUT2D eigenvalue weighted by Gasteiger charge is 2.37. The summed E-state index contributed by atoms with van der Waals surface area (Å²) in [6.45, 7) is 0. The molecule has 0 aliphatic carbocycles. The lowest BCUT2D eigenvalue weighted by molar-refractivity contribution is -0.137. The quantitative estimate of drug-likeness (QED) is 0.460. The molecule has 3 aromatic rings. The van der Waals surface area contributed by atoms with E-state index in [0.717, 1.165) is 12.1 Å². The number of alkyl halides is 3. The second kappa shape index (κ2) is 8.20. The molecular formula is C20H18F3N3O5S. The summed E-state index contributed by atoms with van der Waals surface area (Å²) in [6, 6.07) is 8.98. The second-order valence-electron chi connectivity index (χ2n) is 7.32. The number of aliphatic hydroxyl groups is 1. The van der Waals surface area contributed by atoms with Crippen molar-refractivity contribution in [1.29, 1.82) is 0 Å². The van der Waals surface area contributed by atoms with Gasteiger partial charge in [-0.3, -0.25) is 13.9 Å². The zero-order valence-corrected chi connectivity index (χ0v) is 17.1. The molecule has 1 saturated heterocycles. The van der Waals surface area contributed by atoms with Crippen LogP contribution in [0.3, 0.4) is 0 Å². The minimum atomic E-state index is -4.49. The van der Waals surface area contributed by atoms with Crippen molar-refractivity contribution in [1.82, 2.24) is 15.3 Å². The molecule has 8 nitrogen and oxygen atoms in total. The lowest BCUT2D eigenvalue weighted by atomic mass is 10.1. The van der Waals surface area contributed by atoms with Crippen LogP contribution in [0.1, 0.15) is 16.1 Å². The van der Waals surface area contributed by atoms with Crippen molar-refractivity contribution in [2.24, 2.45) is 0 Å². The number of halogens is 3. The van der Waals surface area contributed by atoms with Crippen LogP contribution in [0, 0.1) is 0 Å². The number of nitrogens with one attached hydrogen (secondary N) is 1. The minimum absolute atomic E-state index is 0.0117. The van der Waals surface area contributed by atoms with Gasteiger partial charge in [-0.25, -0.2) is 9.97 Å². The number of aliphatic hydroxyl groups excluding tert-OH is 1. The van der Waals surface area contributed by atoms with Crippen LogP contribution in [0.5, 0.6) is 11.6 Å². The summed E-state index contributed by atoms with van der Waals surface area (Å²) < 4.78 is 62.7. The van der Waals surface area contributed by atoms with Crippen LogP contribution < -0.4 is 10.1 Å². The number of carbonyl (C=O) groups excluding carboxylic acids is 1. The van der Waals surface area contributed by atoms with Crippen LogP contribution in [0.25, 0.3) is 10.9 Å². The first-order valence-electron chi connectivity index (χ1n) is 9.35. The highest BCUT2D eigenvalue weighted by Crippen LogP contribution is 2.45. The number of hydrogen-bond acceptors (Lipinski definition) is 7. The molecule has 1 aromatic carbocycles. The third kappa shape index (κ3) is 4.93. The topological polar surface area (TPSA) is 125 Å².